The second kappa shape index (κ2) is 5.57. The van der Waals surface area contributed by atoms with Gasteiger partial charge in [-0.2, -0.15) is 11.8 Å². The normalized spacial score (nSPS) is 24.0. The van der Waals surface area contributed by atoms with E-state index in [9.17, 15) is 0 Å². The molecular weight excluding hydrogens is 244 g/mol. The molecule has 0 bridgehead atoms. The Kier molecular flexibility index (Phi) is 4.37. The van der Waals surface area contributed by atoms with Crippen LogP contribution in [0, 0.1) is 0 Å². The minimum atomic E-state index is 0.428. The van der Waals surface area contributed by atoms with Gasteiger partial charge in [-0.1, -0.05) is 0 Å². The van der Waals surface area contributed by atoms with Crippen molar-refractivity contribution in [1.82, 2.24) is 10.3 Å². The number of nitrogens with zero attached hydrogens (tertiary/aromatic N) is 1. The van der Waals surface area contributed by atoms with Gasteiger partial charge in [-0.05, 0) is 14.0 Å². The molecule has 1 aromatic rings. The van der Waals surface area contributed by atoms with E-state index in [0.29, 0.717) is 11.3 Å². The number of rotatable bonds is 3. The highest BCUT2D eigenvalue weighted by atomic mass is 32.2. The molecule has 2 heterocycles. The van der Waals surface area contributed by atoms with Crippen molar-refractivity contribution in [3.8, 4) is 0 Å². The summed E-state index contributed by atoms with van der Waals surface area (Å²) in [4.78, 5) is 5.90. The van der Waals surface area contributed by atoms with Crippen molar-refractivity contribution in [2.45, 2.75) is 18.2 Å². The van der Waals surface area contributed by atoms with Crippen LogP contribution in [0.5, 0.6) is 0 Å². The summed E-state index contributed by atoms with van der Waals surface area (Å²) in [6, 6.07) is 0.428. The van der Waals surface area contributed by atoms with E-state index in [1.165, 1.54) is 27.1 Å². The number of aromatic nitrogens is 1. The summed E-state index contributed by atoms with van der Waals surface area (Å²) < 4.78 is 0. The summed E-state index contributed by atoms with van der Waals surface area (Å²) in [7, 11) is 2.00. The van der Waals surface area contributed by atoms with Gasteiger partial charge in [0.2, 0.25) is 0 Å². The van der Waals surface area contributed by atoms with E-state index >= 15 is 0 Å². The maximum atomic E-state index is 4.55. The summed E-state index contributed by atoms with van der Waals surface area (Å²) >= 11 is 5.97. The Morgan fingerprint density at radius 2 is 2.40 bits per heavy atom. The summed E-state index contributed by atoms with van der Waals surface area (Å²) in [5.41, 5.74) is 0. The van der Waals surface area contributed by atoms with Crippen LogP contribution >= 0.6 is 34.9 Å². The van der Waals surface area contributed by atoms with Gasteiger partial charge in [-0.25, -0.2) is 4.98 Å². The van der Waals surface area contributed by atoms with Crippen LogP contribution in [-0.2, 0) is 0 Å². The first-order chi connectivity index (χ1) is 7.31. The number of thioether (sulfide) groups is 2. The van der Waals surface area contributed by atoms with Crippen LogP contribution in [0.1, 0.15) is 28.1 Å². The highest BCUT2D eigenvalue weighted by Gasteiger charge is 2.20. The van der Waals surface area contributed by atoms with E-state index < -0.39 is 0 Å². The first kappa shape index (κ1) is 11.8. The van der Waals surface area contributed by atoms with E-state index in [4.69, 9.17) is 0 Å². The van der Waals surface area contributed by atoms with Crippen molar-refractivity contribution in [2.24, 2.45) is 0 Å². The fourth-order valence-corrected chi connectivity index (χ4v) is 5.39. The molecule has 0 aromatic carbocycles. The number of hydrogen-bond acceptors (Lipinski definition) is 5. The molecule has 84 valence electrons. The fourth-order valence-electron chi connectivity index (χ4n) is 1.42. The van der Waals surface area contributed by atoms with Gasteiger partial charge in [-0.3, -0.25) is 0 Å². The number of thiazole rings is 1. The highest BCUT2D eigenvalue weighted by molar-refractivity contribution is 8.06. The van der Waals surface area contributed by atoms with Gasteiger partial charge in [0, 0.05) is 34.4 Å². The molecule has 2 nitrogen and oxygen atoms in total. The Labute approximate surface area is 104 Å². The van der Waals surface area contributed by atoms with Gasteiger partial charge in [0.15, 0.2) is 0 Å². The molecular formula is C10H16N2S3. The molecule has 0 radical (unpaired) electrons. The summed E-state index contributed by atoms with van der Waals surface area (Å²) in [6.07, 6.45) is 2.03. The molecule has 1 aliphatic rings. The second-order valence-electron chi connectivity index (χ2n) is 3.55. The number of hydrogen-bond donors (Lipinski definition) is 1. The minimum absolute atomic E-state index is 0.428. The topological polar surface area (TPSA) is 24.9 Å². The molecule has 1 aromatic heterocycles. The van der Waals surface area contributed by atoms with E-state index in [-0.39, 0.29) is 0 Å². The van der Waals surface area contributed by atoms with Crippen LogP contribution in [0.15, 0.2) is 6.20 Å². The summed E-state index contributed by atoms with van der Waals surface area (Å²) in [6.45, 7) is 2.18. The quantitative estimate of drug-likeness (QED) is 0.903. The monoisotopic (exact) mass is 260 g/mol. The predicted molar refractivity (Wildman–Crippen MR) is 72.1 cm³/mol. The molecule has 0 spiro atoms. The third-order valence-electron chi connectivity index (χ3n) is 2.49. The van der Waals surface area contributed by atoms with Gasteiger partial charge in [0.25, 0.3) is 0 Å². The lowest BCUT2D eigenvalue weighted by Crippen LogP contribution is -2.10. The maximum Gasteiger partial charge on any atom is 0.107 e. The standard InChI is InChI=1S/C10H16N2S3/c1-7(11-2)8-5-12-10(15-8)9-6-13-3-4-14-9/h5,7,9,11H,3-4,6H2,1-2H3. The molecule has 1 N–H and O–H groups in total. The minimum Gasteiger partial charge on any atom is -0.312 e. The zero-order valence-electron chi connectivity index (χ0n) is 9.03. The maximum absolute atomic E-state index is 4.55. The Morgan fingerprint density at radius 3 is 3.07 bits per heavy atom. The Morgan fingerprint density at radius 1 is 1.53 bits per heavy atom. The first-order valence-corrected chi connectivity index (χ1v) is 8.15. The van der Waals surface area contributed by atoms with Crippen LogP contribution in [0.4, 0.5) is 0 Å². The average Bonchev–Trinajstić information content (AvgIpc) is 2.78. The van der Waals surface area contributed by atoms with E-state index in [1.54, 1.807) is 0 Å². The zero-order chi connectivity index (χ0) is 10.7. The molecule has 1 saturated heterocycles. The number of nitrogens with one attached hydrogen (secondary N) is 1. The Hall–Kier alpha value is 0.290. The molecule has 5 heteroatoms. The average molecular weight is 260 g/mol. The van der Waals surface area contributed by atoms with E-state index in [1.807, 2.05) is 24.6 Å². The summed E-state index contributed by atoms with van der Waals surface area (Å²) in [5, 5.41) is 5.20. The molecule has 1 fully saturated rings. The van der Waals surface area contributed by atoms with Crippen molar-refractivity contribution < 1.29 is 0 Å². The largest absolute Gasteiger partial charge is 0.312 e. The molecule has 0 aliphatic carbocycles. The molecule has 15 heavy (non-hydrogen) atoms. The van der Waals surface area contributed by atoms with Crippen molar-refractivity contribution >= 4 is 34.9 Å². The summed E-state index contributed by atoms with van der Waals surface area (Å²) in [5.74, 6) is 3.80. The Balaban J connectivity index is 2.05. The van der Waals surface area contributed by atoms with Crippen molar-refractivity contribution in [3.05, 3.63) is 16.1 Å². The van der Waals surface area contributed by atoms with Crippen LogP contribution < -0.4 is 5.32 Å². The van der Waals surface area contributed by atoms with Gasteiger partial charge in [0.1, 0.15) is 5.01 Å². The smallest absolute Gasteiger partial charge is 0.107 e. The van der Waals surface area contributed by atoms with Crippen LogP contribution in [0.3, 0.4) is 0 Å². The zero-order valence-corrected chi connectivity index (χ0v) is 11.5. The second-order valence-corrected chi connectivity index (χ2v) is 7.10. The van der Waals surface area contributed by atoms with Gasteiger partial charge in [-0.15, -0.1) is 23.1 Å². The van der Waals surface area contributed by atoms with E-state index in [2.05, 4.69) is 40.7 Å². The molecule has 1 aliphatic heterocycles. The molecule has 0 amide bonds. The molecule has 0 saturated carbocycles. The first-order valence-electron chi connectivity index (χ1n) is 5.13. The van der Waals surface area contributed by atoms with E-state index in [0.717, 1.165) is 0 Å². The molecule has 2 unspecified atom stereocenters. The van der Waals surface area contributed by atoms with Crippen LogP contribution in [0.2, 0.25) is 0 Å². The lowest BCUT2D eigenvalue weighted by molar-refractivity contribution is 0.662. The SMILES string of the molecule is CNC(C)c1cnc(C2CSCCS2)s1. The third-order valence-corrected chi connectivity index (χ3v) is 6.70. The lowest BCUT2D eigenvalue weighted by atomic mass is 10.3. The molecule has 2 atom stereocenters. The van der Waals surface area contributed by atoms with Crippen molar-refractivity contribution in [3.63, 3.8) is 0 Å². The third kappa shape index (κ3) is 2.90. The molecule has 2 rings (SSSR count). The Bertz CT molecular complexity index is 307. The van der Waals surface area contributed by atoms with Gasteiger partial charge < -0.3 is 5.32 Å². The lowest BCUT2D eigenvalue weighted by Gasteiger charge is -2.18. The van der Waals surface area contributed by atoms with Gasteiger partial charge >= 0.3 is 0 Å². The van der Waals surface area contributed by atoms with Crippen molar-refractivity contribution in [1.29, 1.82) is 0 Å². The van der Waals surface area contributed by atoms with Crippen LogP contribution in [-0.4, -0.2) is 29.3 Å². The van der Waals surface area contributed by atoms with Crippen LogP contribution in [0.25, 0.3) is 0 Å². The predicted octanol–water partition coefficient (Wildman–Crippen LogP) is 2.94. The van der Waals surface area contributed by atoms with Crippen molar-refractivity contribution in [2.75, 3.05) is 24.3 Å². The fraction of sp³-hybridized carbons (Fsp3) is 0.700. The highest BCUT2D eigenvalue weighted by Crippen LogP contribution is 2.39. The van der Waals surface area contributed by atoms with Gasteiger partial charge in [0.05, 0.1) is 5.25 Å².